The molecule has 106 valence electrons. The fourth-order valence-electron chi connectivity index (χ4n) is 1.55. The van der Waals surface area contributed by atoms with Crippen LogP contribution in [-0.2, 0) is 12.7 Å². The van der Waals surface area contributed by atoms with Crippen LogP contribution in [0.4, 0.5) is 24.8 Å². The van der Waals surface area contributed by atoms with Crippen molar-refractivity contribution in [2.45, 2.75) is 12.7 Å². The molecular formula is C12H10BrF3N4. The predicted molar refractivity (Wildman–Crippen MR) is 72.9 cm³/mol. The van der Waals surface area contributed by atoms with Crippen LogP contribution in [0.15, 0.2) is 35.1 Å². The Morgan fingerprint density at radius 2 is 2.00 bits per heavy atom. The van der Waals surface area contributed by atoms with Crippen LogP contribution in [0.3, 0.4) is 0 Å². The lowest BCUT2D eigenvalue weighted by Crippen LogP contribution is -2.08. The highest BCUT2D eigenvalue weighted by molar-refractivity contribution is 9.10. The molecule has 20 heavy (non-hydrogen) atoms. The van der Waals surface area contributed by atoms with Gasteiger partial charge in [-0.15, -0.1) is 0 Å². The standard InChI is InChI=1S/C12H10BrF3N4/c13-9-10(17)19-6-20-11(9)18-5-7-2-1-3-8(4-7)12(14,15)16/h1-4,6H,5H2,(H3,17,18,19,20). The highest BCUT2D eigenvalue weighted by atomic mass is 79.9. The molecular weight excluding hydrogens is 337 g/mol. The quantitative estimate of drug-likeness (QED) is 0.893. The molecule has 8 heteroatoms. The number of nitrogens with zero attached hydrogens (tertiary/aromatic N) is 2. The van der Waals surface area contributed by atoms with Gasteiger partial charge in [0.25, 0.3) is 0 Å². The first kappa shape index (κ1) is 14.6. The van der Waals surface area contributed by atoms with E-state index in [9.17, 15) is 13.2 Å². The van der Waals surface area contributed by atoms with Gasteiger partial charge in [0.1, 0.15) is 22.4 Å². The predicted octanol–water partition coefficient (Wildman–Crippen LogP) is 3.45. The van der Waals surface area contributed by atoms with E-state index in [-0.39, 0.29) is 12.4 Å². The van der Waals surface area contributed by atoms with Crippen molar-refractivity contribution in [3.8, 4) is 0 Å². The zero-order valence-corrected chi connectivity index (χ0v) is 11.7. The van der Waals surface area contributed by atoms with Crippen molar-refractivity contribution < 1.29 is 13.2 Å². The van der Waals surface area contributed by atoms with Crippen LogP contribution >= 0.6 is 15.9 Å². The highest BCUT2D eigenvalue weighted by Gasteiger charge is 2.30. The summed E-state index contributed by atoms with van der Waals surface area (Å²) in [7, 11) is 0. The molecule has 4 nitrogen and oxygen atoms in total. The van der Waals surface area contributed by atoms with Gasteiger partial charge in [0, 0.05) is 6.54 Å². The van der Waals surface area contributed by atoms with E-state index in [0.29, 0.717) is 15.9 Å². The number of halogens is 4. The third-order valence-corrected chi connectivity index (χ3v) is 3.31. The zero-order valence-electron chi connectivity index (χ0n) is 10.1. The summed E-state index contributed by atoms with van der Waals surface area (Å²) in [6, 6.07) is 5.08. The van der Waals surface area contributed by atoms with Crippen molar-refractivity contribution in [2.24, 2.45) is 0 Å². The summed E-state index contributed by atoms with van der Waals surface area (Å²) in [6.45, 7) is 0.193. The van der Waals surface area contributed by atoms with E-state index < -0.39 is 11.7 Å². The van der Waals surface area contributed by atoms with Crippen molar-refractivity contribution in [2.75, 3.05) is 11.1 Å². The van der Waals surface area contributed by atoms with E-state index in [1.54, 1.807) is 6.07 Å². The third kappa shape index (κ3) is 3.38. The number of hydrogen-bond acceptors (Lipinski definition) is 4. The second kappa shape index (κ2) is 5.66. The van der Waals surface area contributed by atoms with Crippen molar-refractivity contribution in [3.05, 3.63) is 46.2 Å². The second-order valence-electron chi connectivity index (χ2n) is 3.97. The van der Waals surface area contributed by atoms with Gasteiger partial charge in [-0.05, 0) is 33.6 Å². The molecule has 1 aromatic carbocycles. The lowest BCUT2D eigenvalue weighted by molar-refractivity contribution is -0.137. The van der Waals surface area contributed by atoms with Crippen LogP contribution in [0.5, 0.6) is 0 Å². The fraction of sp³-hybridized carbons (Fsp3) is 0.167. The highest BCUT2D eigenvalue weighted by Crippen LogP contribution is 2.30. The molecule has 0 radical (unpaired) electrons. The molecule has 0 saturated carbocycles. The van der Waals surface area contributed by atoms with Crippen molar-refractivity contribution >= 4 is 27.6 Å². The molecule has 0 unspecified atom stereocenters. The summed E-state index contributed by atoms with van der Waals surface area (Å²) in [4.78, 5) is 7.73. The van der Waals surface area contributed by atoms with Gasteiger partial charge in [-0.25, -0.2) is 9.97 Å². The lowest BCUT2D eigenvalue weighted by atomic mass is 10.1. The Morgan fingerprint density at radius 3 is 2.70 bits per heavy atom. The topological polar surface area (TPSA) is 63.8 Å². The maximum Gasteiger partial charge on any atom is 0.416 e. The van der Waals surface area contributed by atoms with Gasteiger partial charge >= 0.3 is 6.18 Å². The summed E-state index contributed by atoms with van der Waals surface area (Å²) < 4.78 is 38.2. The number of nitrogens with one attached hydrogen (secondary N) is 1. The first-order valence-corrected chi connectivity index (χ1v) is 6.33. The SMILES string of the molecule is Nc1ncnc(NCc2cccc(C(F)(F)F)c2)c1Br. The van der Waals surface area contributed by atoms with Gasteiger partial charge in [-0.1, -0.05) is 12.1 Å². The Labute approximate surface area is 121 Å². The number of nitrogens with two attached hydrogens (primary N) is 1. The van der Waals surface area contributed by atoms with Crippen LogP contribution in [0, 0.1) is 0 Å². The number of anilines is 2. The number of nitrogen functional groups attached to an aromatic ring is 1. The monoisotopic (exact) mass is 346 g/mol. The molecule has 0 aliphatic carbocycles. The van der Waals surface area contributed by atoms with Crippen molar-refractivity contribution in [3.63, 3.8) is 0 Å². The molecule has 2 aromatic rings. The maximum atomic E-state index is 12.6. The van der Waals surface area contributed by atoms with Crippen LogP contribution in [0.25, 0.3) is 0 Å². The molecule has 1 aromatic heterocycles. The Morgan fingerprint density at radius 1 is 1.25 bits per heavy atom. The van der Waals surface area contributed by atoms with Gasteiger partial charge in [0.05, 0.1) is 5.56 Å². The van der Waals surface area contributed by atoms with E-state index in [1.165, 1.54) is 12.4 Å². The van der Waals surface area contributed by atoms with Gasteiger partial charge in [-0.2, -0.15) is 13.2 Å². The van der Waals surface area contributed by atoms with Gasteiger partial charge < -0.3 is 11.1 Å². The van der Waals surface area contributed by atoms with Crippen LogP contribution in [0.2, 0.25) is 0 Å². The minimum atomic E-state index is -4.35. The Bertz CT molecular complexity index is 616. The lowest BCUT2D eigenvalue weighted by Gasteiger charge is -2.11. The van der Waals surface area contributed by atoms with E-state index in [2.05, 4.69) is 31.2 Å². The number of aromatic nitrogens is 2. The summed E-state index contributed by atoms with van der Waals surface area (Å²) in [5.41, 5.74) is 5.39. The smallest absolute Gasteiger partial charge is 0.383 e. The molecule has 3 N–H and O–H groups in total. The minimum absolute atomic E-state index is 0.193. The van der Waals surface area contributed by atoms with E-state index in [1.807, 2.05) is 0 Å². The van der Waals surface area contributed by atoms with E-state index in [4.69, 9.17) is 5.73 Å². The average molecular weight is 347 g/mol. The Kier molecular flexibility index (Phi) is 4.12. The fourth-order valence-corrected chi connectivity index (χ4v) is 1.90. The minimum Gasteiger partial charge on any atom is -0.383 e. The molecule has 0 atom stereocenters. The Balaban J connectivity index is 2.13. The summed E-state index contributed by atoms with van der Waals surface area (Å²) >= 11 is 3.21. The maximum absolute atomic E-state index is 12.6. The van der Waals surface area contributed by atoms with Crippen LogP contribution < -0.4 is 11.1 Å². The molecule has 0 spiro atoms. The third-order valence-electron chi connectivity index (χ3n) is 2.53. The molecule has 0 bridgehead atoms. The molecule has 1 heterocycles. The van der Waals surface area contributed by atoms with E-state index in [0.717, 1.165) is 12.1 Å². The normalized spacial score (nSPS) is 11.4. The van der Waals surface area contributed by atoms with E-state index >= 15 is 0 Å². The first-order chi connectivity index (χ1) is 9.38. The molecule has 2 rings (SSSR count). The van der Waals surface area contributed by atoms with Gasteiger partial charge in [0.2, 0.25) is 0 Å². The molecule has 0 fully saturated rings. The first-order valence-electron chi connectivity index (χ1n) is 5.54. The largest absolute Gasteiger partial charge is 0.416 e. The summed E-state index contributed by atoms with van der Waals surface area (Å²) in [6.07, 6.45) is -3.08. The number of benzene rings is 1. The van der Waals surface area contributed by atoms with Crippen molar-refractivity contribution in [1.82, 2.24) is 9.97 Å². The number of rotatable bonds is 3. The van der Waals surface area contributed by atoms with Crippen LogP contribution in [0.1, 0.15) is 11.1 Å². The van der Waals surface area contributed by atoms with Gasteiger partial charge in [0.15, 0.2) is 0 Å². The van der Waals surface area contributed by atoms with Gasteiger partial charge in [-0.3, -0.25) is 0 Å². The number of alkyl halides is 3. The second-order valence-corrected chi connectivity index (χ2v) is 4.77. The molecule has 0 amide bonds. The summed E-state index contributed by atoms with van der Waals surface area (Å²) in [5.74, 6) is 0.682. The number of hydrogen-bond donors (Lipinski definition) is 2. The Hall–Kier alpha value is -1.83. The molecule has 0 aliphatic heterocycles. The van der Waals surface area contributed by atoms with Crippen molar-refractivity contribution in [1.29, 1.82) is 0 Å². The van der Waals surface area contributed by atoms with Crippen LogP contribution in [-0.4, -0.2) is 9.97 Å². The summed E-state index contributed by atoms with van der Waals surface area (Å²) in [5, 5.41) is 2.90. The zero-order chi connectivity index (χ0) is 14.8. The average Bonchev–Trinajstić information content (AvgIpc) is 2.40. The molecule has 0 aliphatic rings. The molecule has 0 saturated heterocycles.